The third-order valence-electron chi connectivity index (χ3n) is 18.7. The molecule has 0 saturated carbocycles. The number of aliphatic hydroxyl groups excluding tert-OH is 5. The van der Waals surface area contributed by atoms with Crippen molar-refractivity contribution in [2.45, 2.75) is 206 Å². The number of carboxylic acids is 3. The number of carbonyl (C=O) groups excluding carboxylic acids is 9. The second-order valence-corrected chi connectivity index (χ2v) is 27.4. The lowest BCUT2D eigenvalue weighted by Crippen LogP contribution is -2.38. The standard InChI is InChI=1S/C14H19NO3.C13H17NO4.2C10H7NO4.C8H4O3.C6HF5O.2C6H13NO.C6H15N.C4H8O2.C2H5NO2.C2H6.4CH4/c1-2-12-8-13(16)9-15(12)14(17)18-10-11-6-4-3-5-7-11;15-8-11-6-12(16)7-14(11)13(17)18-9-10-4-2-1-3-5-10;2*12-8(13)5-11-9(14)6-3-1-2-4-7(6)10(11)15;9-7-5-3-1-2-4-6(5)8(10)11-7;7-1-2(8)4(10)6(12)5(11)3(1)9;2*1-2-5-3-6(8)4-7-5;1-4-7(5-2)6-3;1-3-6-4(2)5;3-1-2(4)5;1-2;;;;/h3-7,12-13,16H,2,8-10H2,1H3;1-5,11-12,15-16H,6-9H2;2*1-4H,5H2,(H,12,13);1-4H;12H;2*5-8H,2-4H2,1H3;4-6H2,1-3H3;3H2,1-2H3;1,3H2,(H,4,5);1-2H3;4*1H4/t12-,13-;11-,12+;;;;;2*5-,6-;;;;;;;;/m10....11......../s1. The number of phenolic OH excluding ortho intramolecular Hbond substituents is 1. The molecule has 33 nitrogen and oxygen atoms in total. The number of nitrogens with zero attached hydrogens (tertiary/aromatic N) is 5. The average Bonchev–Trinajstić information content (AvgIpc) is 1.71. The predicted molar refractivity (Wildman–Crippen MR) is 472 cm³/mol. The van der Waals surface area contributed by atoms with Crippen LogP contribution in [-0.4, -0.2) is 269 Å². The van der Waals surface area contributed by atoms with Crippen LogP contribution >= 0.6 is 0 Å². The number of phenols is 1. The van der Waals surface area contributed by atoms with Crippen molar-refractivity contribution in [3.63, 3.8) is 0 Å². The van der Waals surface area contributed by atoms with Gasteiger partial charge in [-0.15, -0.1) is 0 Å². The Balaban J connectivity index is -0.00000137. The molecule has 6 amide bonds. The van der Waals surface area contributed by atoms with E-state index in [4.69, 9.17) is 45.2 Å². The maximum Gasteiger partial charge on any atom is 0.410 e. The van der Waals surface area contributed by atoms with Gasteiger partial charge in [-0.05, 0) is 119 Å². The van der Waals surface area contributed by atoms with Crippen molar-refractivity contribution >= 4 is 71.6 Å². The normalized spacial score (nSPS) is 18.0. The first-order valence-electron chi connectivity index (χ1n) is 40.3. The van der Waals surface area contributed by atoms with Crippen LogP contribution in [0.15, 0.2) is 133 Å². The molecule has 7 heterocycles. The summed E-state index contributed by atoms with van der Waals surface area (Å²) in [5.74, 6) is -19.8. The summed E-state index contributed by atoms with van der Waals surface area (Å²) in [6, 6.07) is 39.0. The van der Waals surface area contributed by atoms with Gasteiger partial charge in [0, 0.05) is 38.1 Å². The van der Waals surface area contributed by atoms with Gasteiger partial charge in [0.1, 0.15) is 26.3 Å². The number of aliphatic hydroxyl groups is 5. The molecule has 720 valence electrons. The van der Waals surface area contributed by atoms with Crippen molar-refractivity contribution in [1.82, 2.24) is 35.1 Å². The van der Waals surface area contributed by atoms with Gasteiger partial charge in [0.2, 0.25) is 29.1 Å². The van der Waals surface area contributed by atoms with Crippen molar-refractivity contribution < 1.29 is 144 Å². The number of likely N-dealkylation sites (tertiary alicyclic amines) is 2. The number of rotatable bonds is 17. The minimum absolute atomic E-state index is 0. The number of imide groups is 2. The largest absolute Gasteiger partial charge is 0.503 e. The fraction of sp³-hybridized carbons (Fsp3) is 0.473. The van der Waals surface area contributed by atoms with Crippen molar-refractivity contribution in [1.29, 1.82) is 0 Å². The zero-order valence-corrected chi connectivity index (χ0v) is 71.4. The summed E-state index contributed by atoms with van der Waals surface area (Å²) in [7, 11) is 0. The van der Waals surface area contributed by atoms with E-state index in [2.05, 4.69) is 65.4 Å². The predicted octanol–water partition coefficient (Wildman–Crippen LogP) is 11.5. The Bertz CT molecular complexity index is 4030. The lowest BCUT2D eigenvalue weighted by molar-refractivity contribution is -0.140. The number of β-amino-alcohol motifs (C(OH)–C–C–N with tert-alkyl or cyclic N) is 4. The number of nitrogens with two attached hydrogens (primary N) is 1. The average molecular weight is 1830 g/mol. The molecule has 0 unspecified atom stereocenters. The number of benzene rings is 6. The number of carbonyl (C=O) groups is 12. The van der Waals surface area contributed by atoms with Crippen LogP contribution in [0.3, 0.4) is 0 Å². The number of carboxylic acid groups (broad SMARTS) is 3. The Morgan fingerprint density at radius 1 is 0.450 bits per heavy atom. The Morgan fingerprint density at radius 3 is 0.992 bits per heavy atom. The monoisotopic (exact) mass is 1830 g/mol. The summed E-state index contributed by atoms with van der Waals surface area (Å²) in [4.78, 5) is 139. The summed E-state index contributed by atoms with van der Waals surface area (Å²) in [5, 5.41) is 85.5. The van der Waals surface area contributed by atoms with Gasteiger partial charge in [-0.2, -0.15) is 8.78 Å². The van der Waals surface area contributed by atoms with E-state index < -0.39 is 120 Å². The van der Waals surface area contributed by atoms with Gasteiger partial charge in [0.25, 0.3) is 23.6 Å². The van der Waals surface area contributed by atoms with Gasteiger partial charge in [0.15, 0.2) is 5.75 Å². The smallest absolute Gasteiger partial charge is 0.410 e. The van der Waals surface area contributed by atoms with E-state index in [1.807, 2.05) is 81.4 Å². The Labute approximate surface area is 750 Å². The highest BCUT2D eigenvalue weighted by molar-refractivity contribution is 6.23. The fourth-order valence-corrected chi connectivity index (χ4v) is 12.1. The van der Waals surface area contributed by atoms with Gasteiger partial charge in [-0.25, -0.2) is 32.3 Å². The maximum atomic E-state index is 12.2. The number of hydrogen-bond donors (Lipinski definition) is 12. The fourth-order valence-electron chi connectivity index (χ4n) is 12.1. The molecule has 13 rings (SSSR count). The number of amides is 6. The first-order chi connectivity index (χ1) is 59.4. The number of ether oxygens (including phenoxy) is 4. The molecule has 0 radical (unpaired) electrons. The van der Waals surface area contributed by atoms with Gasteiger partial charge in [-0.1, -0.05) is 182 Å². The Hall–Kier alpha value is -11.8. The molecule has 4 saturated heterocycles. The summed E-state index contributed by atoms with van der Waals surface area (Å²) < 4.78 is 79.8. The number of hydrogen-bond acceptors (Lipinski definition) is 26. The number of cyclic esters (lactones) is 2. The maximum absolute atomic E-state index is 12.2. The molecule has 0 spiro atoms. The SMILES string of the molecule is C.C.C.C.CC.CCN(CC)CC.CCOC(C)=O.CC[C@@H]1C[C@@H](O)CN1.CC[C@@H]1C[C@@H](O)CN1.CC[C@@H]1C[C@@H](O)CN1C(=O)OCc1ccccc1.NCC(=O)O.O=C(O)CN1C(=O)c2ccccc2C1=O.O=C(O)CN1C(=O)c2ccccc2C1=O.O=C(OCc1ccccc1)N1C[C@H](O)C[C@H]1CO.O=C1OC(=O)c2ccccc21.Oc1c(F)c(F)c(F)c(F)c1F. The van der Waals surface area contributed by atoms with Crippen LogP contribution in [0.25, 0.3) is 0 Å². The van der Waals surface area contributed by atoms with Gasteiger partial charge in [0.05, 0.1) is 96.7 Å². The highest BCUT2D eigenvalue weighted by Crippen LogP contribution is 2.29. The number of nitrogens with one attached hydrogen (secondary N) is 2. The second kappa shape index (κ2) is 64.9. The molecule has 0 bridgehead atoms. The Morgan fingerprint density at radius 2 is 0.752 bits per heavy atom. The zero-order chi connectivity index (χ0) is 94.2. The highest BCUT2D eigenvalue weighted by Gasteiger charge is 2.39. The molecule has 13 N–H and O–H groups in total. The quantitative estimate of drug-likeness (QED) is 0.00767. The molecule has 6 aromatic rings. The lowest BCUT2D eigenvalue weighted by atomic mass is 10.1. The molecule has 0 aromatic heterocycles. The summed E-state index contributed by atoms with van der Waals surface area (Å²) in [5.41, 5.74) is 8.24. The molecule has 0 aliphatic carbocycles. The number of halogens is 5. The van der Waals surface area contributed by atoms with E-state index in [1.165, 1.54) is 55.7 Å². The Kier molecular flexibility index (Phi) is 61.1. The zero-order valence-electron chi connectivity index (χ0n) is 71.4. The van der Waals surface area contributed by atoms with E-state index in [9.17, 15) is 89.7 Å². The van der Waals surface area contributed by atoms with Gasteiger partial charge in [-0.3, -0.25) is 48.2 Å². The third kappa shape index (κ3) is 41.1. The van der Waals surface area contributed by atoms with E-state index in [1.54, 1.807) is 60.4 Å². The van der Waals surface area contributed by atoms with Crippen LogP contribution in [-0.2, 0) is 51.3 Å². The van der Waals surface area contributed by atoms with Crippen LogP contribution in [0.4, 0.5) is 31.5 Å². The molecular formula is C91H131F5N8O25. The molecule has 8 atom stereocenters. The van der Waals surface area contributed by atoms with Crippen molar-refractivity contribution in [2.24, 2.45) is 5.73 Å². The number of aliphatic carboxylic acids is 3. The summed E-state index contributed by atoms with van der Waals surface area (Å²) >= 11 is 0. The minimum Gasteiger partial charge on any atom is -0.503 e. The highest BCUT2D eigenvalue weighted by atomic mass is 19.2. The van der Waals surface area contributed by atoms with Crippen LogP contribution < -0.4 is 16.4 Å². The molecule has 7 aliphatic rings. The van der Waals surface area contributed by atoms with Crippen LogP contribution in [0.2, 0.25) is 0 Å². The van der Waals surface area contributed by atoms with Crippen molar-refractivity contribution in [3.05, 3.63) is 207 Å². The van der Waals surface area contributed by atoms with E-state index >= 15 is 0 Å². The third-order valence-corrected chi connectivity index (χ3v) is 18.7. The topological polar surface area (TPSA) is 490 Å². The molecule has 7 aliphatic heterocycles. The van der Waals surface area contributed by atoms with Crippen LogP contribution in [0.5, 0.6) is 5.75 Å². The lowest BCUT2D eigenvalue weighted by Gasteiger charge is -2.22. The number of aromatic hydroxyl groups is 1. The van der Waals surface area contributed by atoms with Crippen molar-refractivity contribution in [3.8, 4) is 5.75 Å². The molecular weight excluding hydrogens is 1700 g/mol. The minimum atomic E-state index is -2.29. The summed E-state index contributed by atoms with van der Waals surface area (Å²) in [6.45, 7) is 25.1. The first kappa shape index (κ1) is 121. The van der Waals surface area contributed by atoms with Gasteiger partial charge >= 0.3 is 48.0 Å². The van der Waals surface area contributed by atoms with Crippen molar-refractivity contribution in [2.75, 3.05) is 78.7 Å². The number of fused-ring (bicyclic) bond motifs is 3. The molecule has 129 heavy (non-hydrogen) atoms. The number of esters is 3. The van der Waals surface area contributed by atoms with E-state index in [0.29, 0.717) is 49.2 Å². The van der Waals surface area contributed by atoms with Gasteiger partial charge < -0.3 is 96.0 Å². The van der Waals surface area contributed by atoms with E-state index in [-0.39, 0.29) is 121 Å². The van der Waals surface area contributed by atoms with E-state index in [0.717, 1.165) is 66.1 Å². The second-order valence-electron chi connectivity index (χ2n) is 27.4. The summed E-state index contributed by atoms with van der Waals surface area (Å²) in [6.07, 6.45) is 4.06. The first-order valence-corrected chi connectivity index (χ1v) is 40.3. The molecule has 6 aromatic carbocycles. The van der Waals surface area contributed by atoms with Crippen LogP contribution in [0.1, 0.15) is 217 Å². The molecule has 4 fully saturated rings. The van der Waals surface area contributed by atoms with Crippen LogP contribution in [0, 0.1) is 29.1 Å². The molecule has 38 heteroatoms.